The second kappa shape index (κ2) is 2.58. The van der Waals surface area contributed by atoms with Crippen molar-refractivity contribution >= 4 is 0 Å². The Hall–Kier alpha value is -0.910. The van der Waals surface area contributed by atoms with Crippen LogP contribution in [0, 0.1) is 6.08 Å². The fraction of sp³-hybridized carbons (Fsp3) is 0.250. The van der Waals surface area contributed by atoms with Crippen LogP contribution in [0.15, 0.2) is 29.5 Å². The SMILES string of the molecule is C[NH2+]C1=[C+]C=C(C)C=C1. The Morgan fingerprint density at radius 3 is 2.67 bits per heavy atom. The van der Waals surface area contributed by atoms with Gasteiger partial charge in [0.2, 0.25) is 0 Å². The molecule has 0 aliphatic heterocycles. The van der Waals surface area contributed by atoms with E-state index in [1.54, 1.807) is 0 Å². The quantitative estimate of drug-likeness (QED) is 0.483. The number of likely N-dealkylation sites (N-methyl/N-ethyl adjacent to an activating group) is 1. The van der Waals surface area contributed by atoms with Crippen LogP contribution < -0.4 is 5.32 Å². The molecule has 0 atom stereocenters. The molecule has 1 aliphatic rings. The van der Waals surface area contributed by atoms with Crippen molar-refractivity contribution in [2.75, 3.05) is 7.05 Å². The van der Waals surface area contributed by atoms with Crippen LogP contribution in [-0.2, 0) is 0 Å². The zero-order chi connectivity index (χ0) is 6.69. The van der Waals surface area contributed by atoms with Crippen molar-refractivity contribution in [1.82, 2.24) is 0 Å². The van der Waals surface area contributed by atoms with Gasteiger partial charge in [-0.05, 0) is 0 Å². The normalized spacial score (nSPS) is 16.2. The summed E-state index contributed by atoms with van der Waals surface area (Å²) < 4.78 is 0. The number of quaternary nitrogens is 1. The fourth-order valence-corrected chi connectivity index (χ4v) is 0.694. The maximum absolute atomic E-state index is 3.13. The van der Waals surface area contributed by atoms with Crippen molar-refractivity contribution in [3.05, 3.63) is 35.6 Å². The summed E-state index contributed by atoms with van der Waals surface area (Å²) in [6.07, 6.45) is 9.28. The van der Waals surface area contributed by atoms with Gasteiger partial charge in [-0.1, -0.05) is 0 Å². The third-order valence-electron chi connectivity index (χ3n) is 1.30. The summed E-state index contributed by atoms with van der Waals surface area (Å²) in [6.45, 7) is 2.07. The summed E-state index contributed by atoms with van der Waals surface area (Å²) in [4.78, 5) is 0. The highest BCUT2D eigenvalue weighted by Crippen LogP contribution is 2.02. The molecule has 1 aliphatic carbocycles. The van der Waals surface area contributed by atoms with Gasteiger partial charge in [0.05, 0.1) is 18.7 Å². The Kier molecular flexibility index (Phi) is 1.78. The minimum atomic E-state index is 1.17. The van der Waals surface area contributed by atoms with Gasteiger partial charge < -0.3 is 0 Å². The predicted octanol–water partition coefficient (Wildman–Crippen LogP) is 0.383. The third-order valence-corrected chi connectivity index (χ3v) is 1.30. The van der Waals surface area contributed by atoms with Crippen LogP contribution in [0.4, 0.5) is 0 Å². The van der Waals surface area contributed by atoms with Crippen LogP contribution >= 0.6 is 0 Å². The molecule has 0 aromatic rings. The van der Waals surface area contributed by atoms with E-state index in [2.05, 4.69) is 25.2 Å². The van der Waals surface area contributed by atoms with Crippen molar-refractivity contribution in [3.63, 3.8) is 0 Å². The topological polar surface area (TPSA) is 16.6 Å². The van der Waals surface area contributed by atoms with Gasteiger partial charge in [0.25, 0.3) is 5.70 Å². The summed E-state index contributed by atoms with van der Waals surface area (Å²) in [7, 11) is 2.02. The van der Waals surface area contributed by atoms with Gasteiger partial charge in [-0.25, -0.2) is 0 Å². The number of hydrogen-bond acceptors (Lipinski definition) is 0. The monoisotopic (exact) mass is 121 g/mol. The van der Waals surface area contributed by atoms with Gasteiger partial charge in [-0.2, -0.15) is 0 Å². The zero-order valence-corrected chi connectivity index (χ0v) is 5.81. The van der Waals surface area contributed by atoms with Crippen LogP contribution in [0.25, 0.3) is 0 Å². The van der Waals surface area contributed by atoms with E-state index in [4.69, 9.17) is 0 Å². The van der Waals surface area contributed by atoms with E-state index in [1.807, 2.05) is 18.4 Å². The molecule has 1 nitrogen and oxygen atoms in total. The van der Waals surface area contributed by atoms with Gasteiger partial charge in [0.15, 0.2) is 0 Å². The maximum atomic E-state index is 3.13. The van der Waals surface area contributed by atoms with Gasteiger partial charge in [-0.3, -0.25) is 5.32 Å². The summed E-state index contributed by atoms with van der Waals surface area (Å²) >= 11 is 0. The molecular formula is C8H11N+2. The van der Waals surface area contributed by atoms with Crippen molar-refractivity contribution in [2.24, 2.45) is 0 Å². The van der Waals surface area contributed by atoms with E-state index in [1.165, 1.54) is 11.3 Å². The second-order valence-electron chi connectivity index (χ2n) is 2.11. The lowest BCUT2D eigenvalue weighted by molar-refractivity contribution is -0.571. The molecule has 0 aromatic heterocycles. The van der Waals surface area contributed by atoms with E-state index in [-0.39, 0.29) is 0 Å². The smallest absolute Gasteiger partial charge is 0.285 e. The second-order valence-corrected chi connectivity index (χ2v) is 2.11. The molecule has 46 valence electrons. The molecule has 0 radical (unpaired) electrons. The first-order chi connectivity index (χ1) is 4.33. The molecule has 0 saturated carbocycles. The predicted molar refractivity (Wildman–Crippen MR) is 37.5 cm³/mol. The van der Waals surface area contributed by atoms with Crippen molar-refractivity contribution in [1.29, 1.82) is 0 Å². The number of allylic oxidation sites excluding steroid dienone is 5. The molecule has 0 unspecified atom stereocenters. The highest BCUT2D eigenvalue weighted by atomic mass is 14.8. The first kappa shape index (κ1) is 6.21. The lowest BCUT2D eigenvalue weighted by Crippen LogP contribution is -2.77. The molecule has 0 amide bonds. The Balaban J connectivity index is 2.75. The molecule has 0 bridgehead atoms. The molecule has 9 heavy (non-hydrogen) atoms. The molecule has 1 heteroatoms. The Morgan fingerprint density at radius 2 is 2.22 bits per heavy atom. The van der Waals surface area contributed by atoms with E-state index in [0.717, 1.165) is 0 Å². The number of hydrogen-bond donors (Lipinski definition) is 1. The first-order valence-corrected chi connectivity index (χ1v) is 3.10. The maximum Gasteiger partial charge on any atom is 0.292 e. The van der Waals surface area contributed by atoms with Crippen LogP contribution in [-0.4, -0.2) is 7.05 Å². The Morgan fingerprint density at radius 1 is 1.44 bits per heavy atom. The highest BCUT2D eigenvalue weighted by molar-refractivity contribution is 5.30. The lowest BCUT2D eigenvalue weighted by atomic mass is 10.1. The molecule has 0 aromatic carbocycles. The minimum Gasteiger partial charge on any atom is -0.285 e. The average molecular weight is 121 g/mol. The standard InChI is InChI=1S/C8H10N/c1-7-3-5-8(9-2)6-4-7/h3-5,9H,1-2H3/q+1/p+1. The lowest BCUT2D eigenvalue weighted by Gasteiger charge is -1.87. The molecule has 0 heterocycles. The zero-order valence-electron chi connectivity index (χ0n) is 5.81. The first-order valence-electron chi connectivity index (χ1n) is 3.10. The van der Waals surface area contributed by atoms with E-state index in [9.17, 15) is 0 Å². The molecule has 0 saturated heterocycles. The molecule has 1 rings (SSSR count). The van der Waals surface area contributed by atoms with Gasteiger partial charge in [-0.15, -0.1) is 0 Å². The summed E-state index contributed by atoms with van der Waals surface area (Å²) in [5.74, 6) is 0. The fourth-order valence-electron chi connectivity index (χ4n) is 0.694. The van der Waals surface area contributed by atoms with Crippen molar-refractivity contribution < 1.29 is 5.32 Å². The van der Waals surface area contributed by atoms with Gasteiger partial charge in [0, 0.05) is 6.92 Å². The number of rotatable bonds is 1. The van der Waals surface area contributed by atoms with Crippen LogP contribution in [0.1, 0.15) is 6.92 Å². The Bertz CT molecular complexity index is 185. The van der Waals surface area contributed by atoms with E-state index in [0.29, 0.717) is 0 Å². The van der Waals surface area contributed by atoms with Crippen LogP contribution in [0.2, 0.25) is 0 Å². The van der Waals surface area contributed by atoms with Gasteiger partial charge in [0.1, 0.15) is 18.2 Å². The van der Waals surface area contributed by atoms with Crippen LogP contribution in [0.5, 0.6) is 0 Å². The van der Waals surface area contributed by atoms with Crippen molar-refractivity contribution in [3.8, 4) is 0 Å². The minimum absolute atomic E-state index is 1.17. The van der Waals surface area contributed by atoms with Gasteiger partial charge >= 0.3 is 0 Å². The molecular weight excluding hydrogens is 110 g/mol. The van der Waals surface area contributed by atoms with E-state index < -0.39 is 0 Å². The van der Waals surface area contributed by atoms with E-state index >= 15 is 0 Å². The average Bonchev–Trinajstić information content (AvgIpc) is 1.90. The summed E-state index contributed by atoms with van der Waals surface area (Å²) in [5, 5.41) is 2.04. The Labute approximate surface area is 55.8 Å². The third kappa shape index (κ3) is 1.49. The molecule has 0 fully saturated rings. The van der Waals surface area contributed by atoms with Crippen molar-refractivity contribution in [2.45, 2.75) is 6.92 Å². The molecule has 2 N–H and O–H groups in total. The molecule has 0 spiro atoms. The summed E-state index contributed by atoms with van der Waals surface area (Å²) in [5.41, 5.74) is 2.43. The number of nitrogens with two attached hydrogens (primary N) is 1. The highest BCUT2D eigenvalue weighted by Gasteiger charge is 2.05. The van der Waals surface area contributed by atoms with Crippen LogP contribution in [0.3, 0.4) is 0 Å². The largest absolute Gasteiger partial charge is 0.292 e. The summed E-state index contributed by atoms with van der Waals surface area (Å²) in [6, 6.07) is 0.